The van der Waals surface area contributed by atoms with Crippen molar-refractivity contribution < 1.29 is 13.7 Å². The molecule has 86 valence electrons. The van der Waals surface area contributed by atoms with E-state index in [0.29, 0.717) is 12.3 Å². The van der Waals surface area contributed by atoms with Gasteiger partial charge in [-0.25, -0.2) is 4.79 Å². The van der Waals surface area contributed by atoms with E-state index in [0.717, 1.165) is 6.42 Å². The van der Waals surface area contributed by atoms with Gasteiger partial charge in [-0.2, -0.15) is 0 Å². The van der Waals surface area contributed by atoms with Gasteiger partial charge in [-0.1, -0.05) is 0 Å². The molecule has 0 aromatic carbocycles. The van der Waals surface area contributed by atoms with Gasteiger partial charge in [-0.3, -0.25) is 4.21 Å². The van der Waals surface area contributed by atoms with E-state index in [9.17, 15) is 9.00 Å². The Morgan fingerprint density at radius 1 is 1.47 bits per heavy atom. The number of likely N-dealkylation sites (tertiary alicyclic amines) is 1. The zero-order valence-corrected chi connectivity index (χ0v) is 10.2. The van der Waals surface area contributed by atoms with Gasteiger partial charge in [0.05, 0.1) is 5.25 Å². The smallest absolute Gasteiger partial charge is 0.410 e. The highest BCUT2D eigenvalue weighted by molar-refractivity contribution is 7.86. The van der Waals surface area contributed by atoms with Crippen molar-refractivity contribution in [3.63, 3.8) is 0 Å². The predicted molar refractivity (Wildman–Crippen MR) is 58.1 cm³/mol. The van der Waals surface area contributed by atoms with E-state index in [1.807, 2.05) is 20.8 Å². The number of hydrogen-bond donors (Lipinski definition) is 0. The molecule has 0 aliphatic carbocycles. The van der Waals surface area contributed by atoms with Gasteiger partial charge in [0, 0.05) is 29.1 Å². The molecule has 0 N–H and O–H groups in total. The van der Waals surface area contributed by atoms with Gasteiger partial charge in [-0.15, -0.1) is 0 Å². The fourth-order valence-electron chi connectivity index (χ4n) is 2.09. The summed E-state index contributed by atoms with van der Waals surface area (Å²) in [6.45, 7) is 6.18. The fraction of sp³-hybridized carbons (Fsp3) is 0.900. The number of carbonyl (C=O) groups is 1. The maximum Gasteiger partial charge on any atom is 0.410 e. The minimum atomic E-state index is -0.721. The third-order valence-electron chi connectivity index (χ3n) is 2.73. The van der Waals surface area contributed by atoms with E-state index in [4.69, 9.17) is 4.74 Å². The molecular formula is C10H17NO3S. The van der Waals surface area contributed by atoms with Gasteiger partial charge in [0.2, 0.25) is 0 Å². The molecule has 0 saturated carbocycles. The largest absolute Gasteiger partial charge is 0.444 e. The summed E-state index contributed by atoms with van der Waals surface area (Å²) in [6.07, 6.45) is 0.623. The molecule has 2 fully saturated rings. The first kappa shape index (κ1) is 10.9. The molecule has 15 heavy (non-hydrogen) atoms. The van der Waals surface area contributed by atoms with Gasteiger partial charge in [0.25, 0.3) is 0 Å². The molecule has 2 saturated heterocycles. The monoisotopic (exact) mass is 231 g/mol. The van der Waals surface area contributed by atoms with Crippen LogP contribution >= 0.6 is 0 Å². The molecule has 2 aliphatic heterocycles. The van der Waals surface area contributed by atoms with Crippen LogP contribution in [0.5, 0.6) is 0 Å². The third kappa shape index (κ3) is 2.17. The maximum atomic E-state index is 11.8. The minimum absolute atomic E-state index is 0.144. The van der Waals surface area contributed by atoms with E-state index >= 15 is 0 Å². The number of hydrogen-bond acceptors (Lipinski definition) is 3. The molecule has 0 unspecified atom stereocenters. The second-order valence-electron chi connectivity index (χ2n) is 5.19. The van der Waals surface area contributed by atoms with Crippen molar-refractivity contribution in [1.29, 1.82) is 0 Å². The summed E-state index contributed by atoms with van der Waals surface area (Å²) in [5.41, 5.74) is -0.446. The summed E-state index contributed by atoms with van der Waals surface area (Å²) in [5, 5.41) is 0.183. The Bertz CT molecular complexity index is 310. The lowest BCUT2D eigenvalue weighted by Crippen LogP contribution is -2.44. The first-order valence-corrected chi connectivity index (χ1v) is 6.62. The molecule has 1 amide bonds. The predicted octanol–water partition coefficient (Wildman–Crippen LogP) is 1.13. The second-order valence-corrected chi connectivity index (χ2v) is 6.95. The average Bonchev–Trinajstić information content (AvgIpc) is 2.58. The van der Waals surface area contributed by atoms with E-state index in [-0.39, 0.29) is 17.4 Å². The Kier molecular flexibility index (Phi) is 2.53. The van der Waals surface area contributed by atoms with Crippen molar-refractivity contribution >= 4 is 16.9 Å². The minimum Gasteiger partial charge on any atom is -0.444 e. The highest BCUT2D eigenvalue weighted by atomic mass is 32.2. The summed E-state index contributed by atoms with van der Waals surface area (Å²) in [4.78, 5) is 13.5. The Balaban J connectivity index is 1.97. The van der Waals surface area contributed by atoms with Crippen LogP contribution in [0.15, 0.2) is 0 Å². The van der Waals surface area contributed by atoms with E-state index in [2.05, 4.69) is 0 Å². The maximum absolute atomic E-state index is 11.8. The molecule has 0 aromatic rings. The van der Waals surface area contributed by atoms with Crippen LogP contribution in [0.25, 0.3) is 0 Å². The molecule has 2 aliphatic rings. The van der Waals surface area contributed by atoms with Crippen molar-refractivity contribution in [2.75, 3.05) is 12.3 Å². The van der Waals surface area contributed by atoms with Crippen LogP contribution in [-0.2, 0) is 15.5 Å². The number of carbonyl (C=O) groups excluding carboxylic acids is 1. The van der Waals surface area contributed by atoms with Crippen LogP contribution < -0.4 is 0 Å². The van der Waals surface area contributed by atoms with Gasteiger partial charge in [0.1, 0.15) is 5.60 Å². The Morgan fingerprint density at radius 3 is 2.53 bits per heavy atom. The molecule has 0 radical (unpaired) electrons. The summed E-state index contributed by atoms with van der Waals surface area (Å²) in [6, 6.07) is 0.144. The molecule has 2 bridgehead atoms. The fourth-order valence-corrected chi connectivity index (χ4v) is 3.82. The summed E-state index contributed by atoms with van der Waals surface area (Å²) in [7, 11) is -0.721. The van der Waals surface area contributed by atoms with E-state index in [1.165, 1.54) is 0 Å². The molecule has 4 nitrogen and oxygen atoms in total. The Labute approximate surface area is 92.4 Å². The van der Waals surface area contributed by atoms with Crippen molar-refractivity contribution in [2.45, 2.75) is 44.1 Å². The van der Waals surface area contributed by atoms with Gasteiger partial charge >= 0.3 is 6.09 Å². The van der Waals surface area contributed by atoms with E-state index in [1.54, 1.807) is 4.90 Å². The van der Waals surface area contributed by atoms with Gasteiger partial charge < -0.3 is 9.64 Å². The highest BCUT2D eigenvalue weighted by Crippen LogP contribution is 2.31. The van der Waals surface area contributed by atoms with Crippen LogP contribution in [0.3, 0.4) is 0 Å². The van der Waals surface area contributed by atoms with Crippen molar-refractivity contribution in [1.82, 2.24) is 4.90 Å². The Morgan fingerprint density at radius 2 is 2.13 bits per heavy atom. The zero-order valence-electron chi connectivity index (χ0n) is 9.36. The molecular weight excluding hydrogens is 214 g/mol. The van der Waals surface area contributed by atoms with Gasteiger partial charge in [0.15, 0.2) is 0 Å². The first-order valence-electron chi connectivity index (χ1n) is 5.23. The molecule has 3 atom stereocenters. The molecule has 2 rings (SSSR count). The summed E-state index contributed by atoms with van der Waals surface area (Å²) >= 11 is 0. The lowest BCUT2D eigenvalue weighted by atomic mass is 10.2. The Hall–Kier alpha value is -0.580. The number of ether oxygens (including phenoxy) is 1. The third-order valence-corrected chi connectivity index (χ3v) is 4.53. The van der Waals surface area contributed by atoms with Crippen molar-refractivity contribution in [3.05, 3.63) is 0 Å². The number of amides is 1. The molecule has 0 spiro atoms. The van der Waals surface area contributed by atoms with Crippen molar-refractivity contribution in [3.8, 4) is 0 Å². The average molecular weight is 231 g/mol. The SMILES string of the molecule is CC(C)(C)OC(=O)N1C[C@@H]2C[C@H]1C[S@@]2=O. The standard InChI is InChI=1S/C10H17NO3S/c1-10(2,3)14-9(12)11-5-8-4-7(11)6-15(8)13/h7-8H,4-6H2,1-3H3/t7-,8-,15-/m0/s1. The van der Waals surface area contributed by atoms with Crippen LogP contribution in [0, 0.1) is 0 Å². The van der Waals surface area contributed by atoms with E-state index < -0.39 is 16.4 Å². The normalized spacial score (nSPS) is 34.6. The number of nitrogens with zero attached hydrogens (tertiary/aromatic N) is 1. The quantitative estimate of drug-likeness (QED) is 0.628. The molecule has 2 heterocycles. The number of fused-ring (bicyclic) bond motifs is 2. The highest BCUT2D eigenvalue weighted by Gasteiger charge is 2.46. The second kappa shape index (κ2) is 3.47. The van der Waals surface area contributed by atoms with Gasteiger partial charge in [-0.05, 0) is 27.2 Å². The summed E-state index contributed by atoms with van der Waals surface area (Å²) < 4.78 is 16.7. The van der Waals surface area contributed by atoms with Crippen LogP contribution in [-0.4, -0.2) is 44.4 Å². The van der Waals surface area contributed by atoms with Crippen LogP contribution in [0.4, 0.5) is 4.79 Å². The summed E-state index contributed by atoms with van der Waals surface area (Å²) in [5.74, 6) is 0.629. The van der Waals surface area contributed by atoms with Crippen molar-refractivity contribution in [2.24, 2.45) is 0 Å². The molecule has 0 aromatic heterocycles. The lowest BCUT2D eigenvalue weighted by molar-refractivity contribution is 0.0238. The molecule has 5 heteroatoms. The van der Waals surface area contributed by atoms with Crippen LogP contribution in [0.2, 0.25) is 0 Å². The zero-order chi connectivity index (χ0) is 11.2. The van der Waals surface area contributed by atoms with Crippen LogP contribution in [0.1, 0.15) is 27.2 Å². The number of rotatable bonds is 0. The first-order chi connectivity index (χ1) is 6.87. The lowest BCUT2D eigenvalue weighted by Gasteiger charge is -2.29. The topological polar surface area (TPSA) is 46.6 Å².